The summed E-state index contributed by atoms with van der Waals surface area (Å²) in [6.45, 7) is 3.56. The number of carbonyl (C=O) groups excluding carboxylic acids is 1. The fraction of sp³-hybridized carbons (Fsp3) is 0.333. The minimum Gasteiger partial charge on any atom is -0.497 e. The number of aromatic nitrogens is 1. The van der Waals surface area contributed by atoms with Crippen molar-refractivity contribution in [3.05, 3.63) is 54.1 Å². The second kappa shape index (κ2) is 7.94. The summed E-state index contributed by atoms with van der Waals surface area (Å²) >= 11 is 0. The zero-order valence-electron chi connectivity index (χ0n) is 14.1. The van der Waals surface area contributed by atoms with Crippen LogP contribution in [-0.2, 0) is 6.54 Å². The number of ether oxygens (including phenoxy) is 1. The van der Waals surface area contributed by atoms with Gasteiger partial charge in [0.2, 0.25) is 0 Å². The van der Waals surface area contributed by atoms with E-state index in [4.69, 9.17) is 4.74 Å². The molecule has 1 aliphatic heterocycles. The van der Waals surface area contributed by atoms with E-state index in [-0.39, 0.29) is 6.03 Å². The van der Waals surface area contributed by atoms with Crippen molar-refractivity contribution in [1.82, 2.24) is 14.8 Å². The number of urea groups is 1. The molecule has 0 unspecified atom stereocenters. The molecule has 1 aromatic carbocycles. The van der Waals surface area contributed by atoms with E-state index in [0.29, 0.717) is 24.5 Å². The lowest BCUT2D eigenvalue weighted by atomic mass is 10.2. The Kier molecular flexibility index (Phi) is 5.45. The smallest absolute Gasteiger partial charge is 0.321 e. The summed E-state index contributed by atoms with van der Waals surface area (Å²) in [6.07, 6.45) is 1.78. The zero-order valence-corrected chi connectivity index (χ0v) is 14.1. The molecule has 2 aromatic rings. The minimum absolute atomic E-state index is 0.231. The van der Waals surface area contributed by atoms with Crippen molar-refractivity contribution in [1.29, 1.82) is 0 Å². The number of piperazine rings is 1. The second-order valence-electron chi connectivity index (χ2n) is 5.89. The van der Waals surface area contributed by atoms with Crippen molar-refractivity contribution >= 4 is 11.7 Å². The first-order valence-corrected chi connectivity index (χ1v) is 8.17. The average molecular weight is 344 g/mol. The summed E-state index contributed by atoms with van der Waals surface area (Å²) in [6, 6.07) is 9.77. The number of methoxy groups -OCH3 is 1. The molecule has 7 heteroatoms. The molecule has 25 heavy (non-hydrogen) atoms. The second-order valence-corrected chi connectivity index (χ2v) is 5.89. The largest absolute Gasteiger partial charge is 0.497 e. The number of pyridine rings is 1. The molecule has 1 saturated heterocycles. The Morgan fingerprint density at radius 3 is 2.72 bits per heavy atom. The fourth-order valence-corrected chi connectivity index (χ4v) is 2.79. The van der Waals surface area contributed by atoms with E-state index < -0.39 is 5.82 Å². The number of benzene rings is 1. The Hall–Kier alpha value is -2.67. The topological polar surface area (TPSA) is 57.7 Å². The number of nitrogens with one attached hydrogen (secondary N) is 1. The van der Waals surface area contributed by atoms with Crippen LogP contribution in [0.3, 0.4) is 0 Å². The third kappa shape index (κ3) is 4.67. The average Bonchev–Trinajstić information content (AvgIpc) is 2.62. The Bertz CT molecular complexity index is 718. The highest BCUT2D eigenvalue weighted by Crippen LogP contribution is 2.20. The molecule has 3 rings (SSSR count). The number of carbonyl (C=O) groups is 1. The van der Waals surface area contributed by atoms with Crippen molar-refractivity contribution in [2.45, 2.75) is 6.54 Å². The normalized spacial score (nSPS) is 15.0. The molecule has 0 spiro atoms. The Morgan fingerprint density at radius 2 is 2.04 bits per heavy atom. The summed E-state index contributed by atoms with van der Waals surface area (Å²) < 4.78 is 18.5. The lowest BCUT2D eigenvalue weighted by molar-refractivity contribution is 0.142. The van der Waals surface area contributed by atoms with Gasteiger partial charge in [0, 0.05) is 56.7 Å². The molecule has 2 heterocycles. The first-order chi connectivity index (χ1) is 12.1. The molecule has 1 aliphatic rings. The first kappa shape index (κ1) is 17.2. The van der Waals surface area contributed by atoms with Crippen molar-refractivity contribution in [2.75, 3.05) is 38.6 Å². The highest BCUT2D eigenvalue weighted by molar-refractivity contribution is 5.89. The molecule has 2 amide bonds. The molecular weight excluding hydrogens is 323 g/mol. The van der Waals surface area contributed by atoms with Crippen molar-refractivity contribution in [2.24, 2.45) is 0 Å². The molecule has 1 fully saturated rings. The highest BCUT2D eigenvalue weighted by Gasteiger charge is 2.21. The van der Waals surface area contributed by atoms with Gasteiger partial charge < -0.3 is 15.0 Å². The van der Waals surface area contributed by atoms with E-state index in [2.05, 4.69) is 15.2 Å². The van der Waals surface area contributed by atoms with Crippen LogP contribution in [0.2, 0.25) is 0 Å². The van der Waals surface area contributed by atoms with Crippen molar-refractivity contribution in [3.8, 4) is 5.75 Å². The van der Waals surface area contributed by atoms with Gasteiger partial charge in [0.1, 0.15) is 11.6 Å². The monoisotopic (exact) mass is 344 g/mol. The molecule has 1 N–H and O–H groups in total. The molecule has 0 atom stereocenters. The van der Waals surface area contributed by atoms with Crippen LogP contribution in [0, 0.1) is 5.82 Å². The van der Waals surface area contributed by atoms with Gasteiger partial charge in [-0.05, 0) is 18.2 Å². The van der Waals surface area contributed by atoms with E-state index in [9.17, 15) is 9.18 Å². The number of hydrogen-bond acceptors (Lipinski definition) is 4. The van der Waals surface area contributed by atoms with E-state index in [1.165, 1.54) is 19.2 Å². The lowest BCUT2D eigenvalue weighted by Gasteiger charge is -2.34. The number of rotatable bonds is 4. The van der Waals surface area contributed by atoms with E-state index in [1.54, 1.807) is 17.2 Å². The minimum atomic E-state index is -0.449. The number of hydrogen-bond donors (Lipinski definition) is 1. The maximum absolute atomic E-state index is 13.5. The molecule has 132 valence electrons. The molecule has 0 bridgehead atoms. The molecule has 6 nitrogen and oxygen atoms in total. The highest BCUT2D eigenvalue weighted by atomic mass is 19.1. The molecular formula is C18H21FN4O2. The maximum Gasteiger partial charge on any atom is 0.321 e. The van der Waals surface area contributed by atoms with Gasteiger partial charge in [-0.1, -0.05) is 6.07 Å². The zero-order chi connectivity index (χ0) is 17.6. The third-order valence-corrected chi connectivity index (χ3v) is 4.13. The molecule has 0 aliphatic carbocycles. The van der Waals surface area contributed by atoms with Gasteiger partial charge in [0.05, 0.1) is 12.8 Å². The van der Waals surface area contributed by atoms with Crippen LogP contribution in [0.5, 0.6) is 5.75 Å². The van der Waals surface area contributed by atoms with Crippen molar-refractivity contribution < 1.29 is 13.9 Å². The summed E-state index contributed by atoms with van der Waals surface area (Å²) in [4.78, 5) is 20.7. The van der Waals surface area contributed by atoms with Crippen molar-refractivity contribution in [3.63, 3.8) is 0 Å². The fourth-order valence-electron chi connectivity index (χ4n) is 2.79. The summed E-state index contributed by atoms with van der Waals surface area (Å²) in [5, 5.41) is 2.73. The maximum atomic E-state index is 13.5. The Morgan fingerprint density at radius 1 is 1.24 bits per heavy atom. The number of nitrogens with zero attached hydrogens (tertiary/aromatic N) is 3. The Balaban J connectivity index is 1.52. The number of halogens is 1. The van der Waals surface area contributed by atoms with E-state index in [1.807, 2.05) is 18.2 Å². The van der Waals surface area contributed by atoms with Crippen LogP contribution in [0.15, 0.2) is 42.6 Å². The number of amides is 2. The Labute approximate surface area is 146 Å². The van der Waals surface area contributed by atoms with Crippen LogP contribution < -0.4 is 10.1 Å². The molecule has 0 radical (unpaired) electrons. The van der Waals surface area contributed by atoms with Crippen LogP contribution in [0.1, 0.15) is 5.69 Å². The van der Waals surface area contributed by atoms with Gasteiger partial charge in [-0.3, -0.25) is 9.88 Å². The van der Waals surface area contributed by atoms with Gasteiger partial charge >= 0.3 is 6.03 Å². The summed E-state index contributed by atoms with van der Waals surface area (Å²) in [5.41, 5.74) is 1.41. The van der Waals surface area contributed by atoms with Gasteiger partial charge in [-0.15, -0.1) is 0 Å². The van der Waals surface area contributed by atoms with E-state index in [0.717, 1.165) is 25.3 Å². The number of anilines is 1. The predicted molar refractivity (Wildman–Crippen MR) is 93.1 cm³/mol. The molecule has 0 saturated carbocycles. The SMILES string of the molecule is COc1cc(F)cc(NC(=O)N2CCN(Cc3ccccn3)CC2)c1. The van der Waals surface area contributed by atoms with Crippen LogP contribution >= 0.6 is 0 Å². The van der Waals surface area contributed by atoms with Gasteiger partial charge in [0.15, 0.2) is 0 Å². The van der Waals surface area contributed by atoms with E-state index >= 15 is 0 Å². The van der Waals surface area contributed by atoms with Gasteiger partial charge in [0.25, 0.3) is 0 Å². The predicted octanol–water partition coefficient (Wildman–Crippen LogP) is 2.58. The lowest BCUT2D eigenvalue weighted by Crippen LogP contribution is -2.49. The summed E-state index contributed by atoms with van der Waals surface area (Å²) in [7, 11) is 1.46. The standard InChI is InChI=1S/C18H21FN4O2/c1-25-17-11-14(19)10-16(12-17)21-18(24)23-8-6-22(7-9-23)13-15-4-2-3-5-20-15/h2-5,10-12H,6-9,13H2,1H3,(H,21,24). The molecule has 1 aromatic heterocycles. The van der Waals surface area contributed by atoms with Gasteiger partial charge in [-0.25, -0.2) is 9.18 Å². The van der Waals surface area contributed by atoms with Gasteiger partial charge in [-0.2, -0.15) is 0 Å². The summed E-state index contributed by atoms with van der Waals surface area (Å²) in [5.74, 6) is -0.0784. The van der Waals surface area contributed by atoms with Crippen LogP contribution in [0.4, 0.5) is 14.9 Å². The quantitative estimate of drug-likeness (QED) is 0.926. The van der Waals surface area contributed by atoms with Crippen LogP contribution in [0.25, 0.3) is 0 Å². The first-order valence-electron chi connectivity index (χ1n) is 8.17. The third-order valence-electron chi connectivity index (χ3n) is 4.13. The van der Waals surface area contributed by atoms with Crippen LogP contribution in [-0.4, -0.2) is 54.1 Å².